The first-order chi connectivity index (χ1) is 10.7. The predicted octanol–water partition coefficient (Wildman–Crippen LogP) is 2.94. The first-order valence-corrected chi connectivity index (χ1v) is 6.70. The Morgan fingerprint density at radius 1 is 0.636 bits per heavy atom. The molecule has 0 unspecified atom stereocenters. The highest BCUT2D eigenvalue weighted by Crippen LogP contribution is 2.28. The van der Waals surface area contributed by atoms with Gasteiger partial charge in [0.15, 0.2) is 0 Å². The zero-order valence-electron chi connectivity index (χ0n) is 12.4. The molecule has 112 valence electrons. The molecule has 22 heavy (non-hydrogen) atoms. The van der Waals surface area contributed by atoms with Crippen molar-refractivity contribution >= 4 is 23.1 Å². The van der Waals surface area contributed by atoms with Crippen LogP contribution in [0.5, 0.6) is 0 Å². The molecule has 0 amide bonds. The van der Waals surface area contributed by atoms with Crippen molar-refractivity contribution in [3.63, 3.8) is 0 Å². The first kappa shape index (κ1) is 15.5. The van der Waals surface area contributed by atoms with Gasteiger partial charge in [-0.15, -0.1) is 0 Å². The summed E-state index contributed by atoms with van der Waals surface area (Å²) in [6.07, 6.45) is 0. The Morgan fingerprint density at radius 2 is 0.955 bits per heavy atom. The highest BCUT2D eigenvalue weighted by Gasteiger charge is 2.25. The molecule has 0 aromatic heterocycles. The number of methoxy groups -OCH3 is 2. The van der Waals surface area contributed by atoms with Crippen molar-refractivity contribution < 1.29 is 19.1 Å². The Kier molecular flexibility index (Phi) is 5.09. The molecule has 0 bridgehead atoms. The minimum atomic E-state index is -0.588. The number of benzene rings is 2. The molecule has 4 nitrogen and oxygen atoms in total. The maximum Gasteiger partial charge on any atom is 0.339 e. The van der Waals surface area contributed by atoms with Gasteiger partial charge in [-0.25, -0.2) is 9.59 Å². The van der Waals surface area contributed by atoms with Gasteiger partial charge in [-0.05, 0) is 11.1 Å². The molecule has 0 spiro atoms. The van der Waals surface area contributed by atoms with E-state index in [9.17, 15) is 9.59 Å². The molecule has 0 aliphatic heterocycles. The van der Waals surface area contributed by atoms with Crippen LogP contribution in [0.15, 0.2) is 60.7 Å². The van der Waals surface area contributed by atoms with E-state index in [0.29, 0.717) is 11.1 Å². The monoisotopic (exact) mass is 296 g/mol. The standard InChI is InChI=1S/C18H16O4/c1-21-17(19)15(13-9-5-3-6-10-13)16(18(20)22-2)14-11-7-4-8-12-14/h3-12H,1-2H3. The molecule has 4 heteroatoms. The summed E-state index contributed by atoms with van der Waals surface area (Å²) in [6, 6.07) is 17.8. The summed E-state index contributed by atoms with van der Waals surface area (Å²) in [4.78, 5) is 24.5. The number of ether oxygens (including phenoxy) is 2. The summed E-state index contributed by atoms with van der Waals surface area (Å²) in [5, 5.41) is 0. The van der Waals surface area contributed by atoms with E-state index in [1.807, 2.05) is 12.1 Å². The fourth-order valence-electron chi connectivity index (χ4n) is 2.14. The van der Waals surface area contributed by atoms with Gasteiger partial charge in [-0.3, -0.25) is 0 Å². The number of rotatable bonds is 4. The molecule has 0 atom stereocenters. The second-order valence-electron chi connectivity index (χ2n) is 4.47. The Bertz CT molecular complexity index is 626. The third-order valence-electron chi connectivity index (χ3n) is 3.15. The number of hydrogen-bond donors (Lipinski definition) is 0. The van der Waals surface area contributed by atoms with Crippen molar-refractivity contribution in [2.24, 2.45) is 0 Å². The van der Waals surface area contributed by atoms with Gasteiger partial charge in [0.2, 0.25) is 0 Å². The fraction of sp³-hybridized carbons (Fsp3) is 0.111. The lowest BCUT2D eigenvalue weighted by atomic mass is 9.94. The van der Waals surface area contributed by atoms with Gasteiger partial charge in [0, 0.05) is 0 Å². The van der Waals surface area contributed by atoms with Crippen molar-refractivity contribution in [1.29, 1.82) is 0 Å². The molecule has 2 rings (SSSR count). The number of esters is 2. The predicted molar refractivity (Wildman–Crippen MR) is 83.7 cm³/mol. The van der Waals surface area contributed by atoms with Crippen molar-refractivity contribution in [2.45, 2.75) is 0 Å². The van der Waals surface area contributed by atoms with Crippen LogP contribution in [0.3, 0.4) is 0 Å². The second kappa shape index (κ2) is 7.22. The molecule has 2 aromatic rings. The van der Waals surface area contributed by atoms with Crippen LogP contribution < -0.4 is 0 Å². The van der Waals surface area contributed by atoms with Crippen LogP contribution in [0.25, 0.3) is 11.1 Å². The van der Waals surface area contributed by atoms with Crippen LogP contribution in [0.4, 0.5) is 0 Å². The summed E-state index contributed by atoms with van der Waals surface area (Å²) in [6.45, 7) is 0. The van der Waals surface area contributed by atoms with Gasteiger partial charge in [0.1, 0.15) is 0 Å². The molecule has 0 aliphatic carbocycles. The first-order valence-electron chi connectivity index (χ1n) is 6.70. The minimum Gasteiger partial charge on any atom is -0.465 e. The Hall–Kier alpha value is -2.88. The Balaban J connectivity index is 2.76. The lowest BCUT2D eigenvalue weighted by molar-refractivity contribution is -0.135. The zero-order chi connectivity index (χ0) is 15.9. The molecular weight excluding hydrogens is 280 g/mol. The van der Waals surface area contributed by atoms with E-state index in [1.54, 1.807) is 48.5 Å². The molecule has 2 aromatic carbocycles. The maximum absolute atomic E-state index is 12.3. The molecule has 0 aliphatic rings. The maximum atomic E-state index is 12.3. The van der Waals surface area contributed by atoms with Crippen LogP contribution in [0, 0.1) is 0 Å². The third kappa shape index (κ3) is 3.23. The van der Waals surface area contributed by atoms with Crippen molar-refractivity contribution in [3.8, 4) is 0 Å². The zero-order valence-corrected chi connectivity index (χ0v) is 12.4. The van der Waals surface area contributed by atoms with Crippen LogP contribution in [0.1, 0.15) is 11.1 Å². The molecule has 0 radical (unpaired) electrons. The fourth-order valence-corrected chi connectivity index (χ4v) is 2.14. The average Bonchev–Trinajstić information content (AvgIpc) is 2.59. The van der Waals surface area contributed by atoms with Crippen LogP contribution in [-0.2, 0) is 19.1 Å². The van der Waals surface area contributed by atoms with Crippen LogP contribution >= 0.6 is 0 Å². The van der Waals surface area contributed by atoms with E-state index in [2.05, 4.69) is 0 Å². The lowest BCUT2D eigenvalue weighted by Gasteiger charge is -2.13. The quantitative estimate of drug-likeness (QED) is 0.494. The second-order valence-corrected chi connectivity index (χ2v) is 4.47. The molecular formula is C18H16O4. The summed E-state index contributed by atoms with van der Waals surface area (Å²) < 4.78 is 9.72. The summed E-state index contributed by atoms with van der Waals surface area (Å²) >= 11 is 0. The number of carbonyl (C=O) groups is 2. The summed E-state index contributed by atoms with van der Waals surface area (Å²) in [5.74, 6) is -1.18. The van der Waals surface area contributed by atoms with Crippen LogP contribution in [-0.4, -0.2) is 26.2 Å². The molecule has 0 saturated carbocycles. The van der Waals surface area contributed by atoms with Crippen molar-refractivity contribution in [2.75, 3.05) is 14.2 Å². The largest absolute Gasteiger partial charge is 0.465 e. The van der Waals surface area contributed by atoms with Gasteiger partial charge >= 0.3 is 11.9 Å². The third-order valence-corrected chi connectivity index (χ3v) is 3.15. The number of hydrogen-bond acceptors (Lipinski definition) is 4. The highest BCUT2D eigenvalue weighted by atomic mass is 16.5. The van der Waals surface area contributed by atoms with Crippen molar-refractivity contribution in [3.05, 3.63) is 71.8 Å². The normalized spacial score (nSPS) is 11.4. The van der Waals surface area contributed by atoms with E-state index < -0.39 is 11.9 Å². The smallest absolute Gasteiger partial charge is 0.339 e. The van der Waals surface area contributed by atoms with Crippen LogP contribution in [0.2, 0.25) is 0 Å². The SMILES string of the molecule is COC(=O)C(=C(C(=O)OC)c1ccccc1)c1ccccc1. The van der Waals surface area contributed by atoms with Crippen molar-refractivity contribution in [1.82, 2.24) is 0 Å². The summed E-state index contributed by atoms with van der Waals surface area (Å²) in [5.41, 5.74) is 1.56. The topological polar surface area (TPSA) is 52.6 Å². The molecule has 0 N–H and O–H groups in total. The molecule has 0 fully saturated rings. The van der Waals surface area contributed by atoms with E-state index in [4.69, 9.17) is 9.47 Å². The minimum absolute atomic E-state index is 0.182. The van der Waals surface area contributed by atoms with E-state index in [1.165, 1.54) is 14.2 Å². The average molecular weight is 296 g/mol. The van der Waals surface area contributed by atoms with Gasteiger partial charge in [-0.2, -0.15) is 0 Å². The van der Waals surface area contributed by atoms with Gasteiger partial charge in [-0.1, -0.05) is 60.7 Å². The van der Waals surface area contributed by atoms with E-state index >= 15 is 0 Å². The van der Waals surface area contributed by atoms with Gasteiger partial charge < -0.3 is 9.47 Å². The number of carbonyl (C=O) groups excluding carboxylic acids is 2. The van der Waals surface area contributed by atoms with Gasteiger partial charge in [0.25, 0.3) is 0 Å². The summed E-state index contributed by atoms with van der Waals surface area (Å²) in [7, 11) is 2.57. The highest BCUT2D eigenvalue weighted by molar-refractivity contribution is 6.37. The van der Waals surface area contributed by atoms with E-state index in [0.717, 1.165) is 0 Å². The lowest BCUT2D eigenvalue weighted by Crippen LogP contribution is -2.13. The molecule has 0 saturated heterocycles. The van der Waals surface area contributed by atoms with Gasteiger partial charge in [0.05, 0.1) is 25.4 Å². The Morgan fingerprint density at radius 3 is 1.23 bits per heavy atom. The molecule has 0 heterocycles. The van der Waals surface area contributed by atoms with E-state index in [-0.39, 0.29) is 11.1 Å². The Labute approximate surface area is 129 Å².